The molecule has 5 rings (SSSR count). The van der Waals surface area contributed by atoms with Crippen molar-refractivity contribution in [3.8, 4) is 5.75 Å². The average Bonchev–Trinajstić information content (AvgIpc) is 3.42. The van der Waals surface area contributed by atoms with E-state index >= 15 is 0 Å². The predicted octanol–water partition coefficient (Wildman–Crippen LogP) is 6.40. The first-order chi connectivity index (χ1) is 19.9. The summed E-state index contributed by atoms with van der Waals surface area (Å²) in [5.41, 5.74) is 4.10. The Morgan fingerprint density at radius 2 is 1.79 bits per heavy atom. The van der Waals surface area contributed by atoms with Crippen LogP contribution in [0.5, 0.6) is 5.75 Å². The molecule has 222 valence electrons. The number of hydrogen-bond acceptors (Lipinski definition) is 8. The highest BCUT2D eigenvalue weighted by Crippen LogP contribution is 2.37. The lowest BCUT2D eigenvalue weighted by atomic mass is 9.93. The van der Waals surface area contributed by atoms with E-state index in [-0.39, 0.29) is 11.9 Å². The minimum Gasteiger partial charge on any atom is -0.444 e. The molecule has 1 aromatic heterocycles. The third-order valence-electron chi connectivity index (χ3n) is 7.76. The summed E-state index contributed by atoms with van der Waals surface area (Å²) in [5.74, 6) is 0.921. The number of likely N-dealkylation sites (tertiary alicyclic amines) is 1. The van der Waals surface area contributed by atoms with E-state index in [0.29, 0.717) is 36.8 Å². The smallest absolute Gasteiger partial charge is 0.411 e. The van der Waals surface area contributed by atoms with Crippen molar-refractivity contribution < 1.29 is 23.5 Å². The number of amides is 1. The first kappa shape index (κ1) is 29.3. The number of aromatic nitrogens is 2. The molecule has 9 nitrogen and oxygen atoms in total. The fraction of sp³-hybridized carbons (Fsp3) is 0.438. The largest absolute Gasteiger partial charge is 0.444 e. The lowest BCUT2D eigenvalue weighted by Gasteiger charge is -2.37. The number of nitrogens with one attached hydrogen (secondary N) is 1. The van der Waals surface area contributed by atoms with E-state index in [1.54, 1.807) is 32.9 Å². The van der Waals surface area contributed by atoms with E-state index in [4.69, 9.17) is 14.5 Å². The van der Waals surface area contributed by atoms with Gasteiger partial charge in [-0.1, -0.05) is 6.07 Å². The molecule has 1 amide bonds. The molecule has 2 aliphatic rings. The Morgan fingerprint density at radius 1 is 1.05 bits per heavy atom. The van der Waals surface area contributed by atoms with Gasteiger partial charge in [-0.15, -0.1) is 0 Å². The van der Waals surface area contributed by atoms with E-state index < -0.39 is 23.7 Å². The van der Waals surface area contributed by atoms with Gasteiger partial charge in [0, 0.05) is 30.0 Å². The van der Waals surface area contributed by atoms with Crippen LogP contribution in [0.4, 0.5) is 26.6 Å². The number of anilines is 3. The molecule has 2 aromatic carbocycles. The zero-order valence-electron chi connectivity index (χ0n) is 25.0. The van der Waals surface area contributed by atoms with Crippen molar-refractivity contribution >= 4 is 29.5 Å². The quantitative estimate of drug-likeness (QED) is 0.276. The zero-order valence-corrected chi connectivity index (χ0v) is 25.0. The van der Waals surface area contributed by atoms with Crippen LogP contribution < -0.4 is 15.0 Å². The number of carbonyl (C=O) groups is 2. The summed E-state index contributed by atoms with van der Waals surface area (Å²) in [5, 5.41) is 3.18. The van der Waals surface area contributed by atoms with Gasteiger partial charge in [0.2, 0.25) is 5.95 Å². The number of hydrogen-bond donors (Lipinski definition) is 1. The topological polar surface area (TPSA) is 96.9 Å². The van der Waals surface area contributed by atoms with E-state index in [1.165, 1.54) is 22.6 Å². The minimum absolute atomic E-state index is 0.0520. The second-order valence-corrected chi connectivity index (χ2v) is 11.9. The summed E-state index contributed by atoms with van der Waals surface area (Å²) < 4.78 is 24.7. The van der Waals surface area contributed by atoms with E-state index in [1.807, 2.05) is 32.0 Å². The Balaban J connectivity index is 1.34. The summed E-state index contributed by atoms with van der Waals surface area (Å²) in [7, 11) is 0. The molecular formula is C32H38FN5O4. The second kappa shape index (κ2) is 11.6. The molecule has 3 aromatic rings. The maximum absolute atomic E-state index is 13.4. The van der Waals surface area contributed by atoms with E-state index in [9.17, 15) is 14.0 Å². The summed E-state index contributed by atoms with van der Waals surface area (Å²) in [4.78, 5) is 39.0. The second-order valence-electron chi connectivity index (χ2n) is 11.9. The predicted molar refractivity (Wildman–Crippen MR) is 159 cm³/mol. The van der Waals surface area contributed by atoms with Gasteiger partial charge in [-0.25, -0.2) is 19.0 Å². The third kappa shape index (κ3) is 6.32. The van der Waals surface area contributed by atoms with Crippen LogP contribution in [-0.4, -0.2) is 51.7 Å². The molecular weight excluding hydrogens is 537 g/mol. The number of halogens is 1. The van der Waals surface area contributed by atoms with Crippen molar-refractivity contribution in [1.82, 2.24) is 14.9 Å². The normalized spacial score (nSPS) is 18.5. The van der Waals surface area contributed by atoms with Gasteiger partial charge in [0.25, 0.3) is 0 Å². The van der Waals surface area contributed by atoms with E-state index in [0.717, 1.165) is 35.6 Å². The van der Waals surface area contributed by atoms with Crippen molar-refractivity contribution in [2.75, 3.05) is 23.3 Å². The highest BCUT2D eigenvalue weighted by atomic mass is 19.1. The van der Waals surface area contributed by atoms with Crippen LogP contribution in [0.3, 0.4) is 0 Å². The Labute approximate surface area is 246 Å². The molecule has 42 heavy (non-hydrogen) atoms. The van der Waals surface area contributed by atoms with Gasteiger partial charge in [0.05, 0.1) is 6.04 Å². The monoisotopic (exact) mass is 575 g/mol. The Morgan fingerprint density at radius 3 is 2.50 bits per heavy atom. The van der Waals surface area contributed by atoms with Crippen LogP contribution in [0.25, 0.3) is 0 Å². The molecule has 3 heterocycles. The minimum atomic E-state index is -0.677. The lowest BCUT2D eigenvalue weighted by Crippen LogP contribution is -2.44. The number of rotatable bonds is 5. The average molecular weight is 576 g/mol. The Kier molecular flexibility index (Phi) is 8.08. The SMILES string of the molecule is Cc1nc(Nc2ccc(F)cc2)nc(N2CCc3ccc(OC(=O)[C@@H]4CCCN4C(=O)OC(C)(C)C)cc3C2C)c1C. The zero-order chi connectivity index (χ0) is 30.2. The number of carbonyl (C=O) groups excluding carboxylic acids is 2. The number of nitrogens with zero attached hydrogens (tertiary/aromatic N) is 4. The van der Waals surface area contributed by atoms with Crippen LogP contribution >= 0.6 is 0 Å². The summed E-state index contributed by atoms with van der Waals surface area (Å²) >= 11 is 0. The number of benzene rings is 2. The van der Waals surface area contributed by atoms with Crippen molar-refractivity contribution in [1.29, 1.82) is 0 Å². The molecule has 0 spiro atoms. The van der Waals surface area contributed by atoms with E-state index in [2.05, 4.69) is 22.1 Å². The molecule has 2 aliphatic heterocycles. The highest BCUT2D eigenvalue weighted by molar-refractivity contribution is 5.83. The third-order valence-corrected chi connectivity index (χ3v) is 7.76. The maximum Gasteiger partial charge on any atom is 0.411 e. The Bertz CT molecular complexity index is 1490. The first-order valence-corrected chi connectivity index (χ1v) is 14.4. The lowest BCUT2D eigenvalue weighted by molar-refractivity contribution is -0.139. The van der Waals surface area contributed by atoms with Crippen LogP contribution in [0.15, 0.2) is 42.5 Å². The fourth-order valence-electron chi connectivity index (χ4n) is 5.49. The molecule has 10 heteroatoms. The molecule has 1 fully saturated rings. The molecule has 0 bridgehead atoms. The van der Waals surface area contributed by atoms with Crippen molar-refractivity contribution in [2.45, 2.75) is 78.5 Å². The Hall–Kier alpha value is -4.21. The van der Waals surface area contributed by atoms with Crippen molar-refractivity contribution in [2.24, 2.45) is 0 Å². The first-order valence-electron chi connectivity index (χ1n) is 14.4. The van der Waals surface area contributed by atoms with Crippen LogP contribution in [0.2, 0.25) is 0 Å². The van der Waals surface area contributed by atoms with Gasteiger partial charge >= 0.3 is 12.1 Å². The van der Waals surface area contributed by atoms with Crippen LogP contribution in [-0.2, 0) is 16.0 Å². The highest BCUT2D eigenvalue weighted by Gasteiger charge is 2.38. The summed E-state index contributed by atoms with van der Waals surface area (Å²) in [6, 6.07) is 11.1. The molecule has 1 saturated heterocycles. The molecule has 2 atom stereocenters. The molecule has 0 saturated carbocycles. The standard InChI is InChI=1S/C32H38FN5O4/c1-19-20(2)34-30(35-24-12-10-23(33)11-13-24)36-28(19)37-17-15-22-9-14-25(18-26(22)21(37)3)41-29(39)27-8-7-16-38(27)31(40)42-32(4,5)6/h9-14,18,21,27H,7-8,15-17H2,1-6H3,(H,34,35,36)/t21?,27-/m0/s1. The molecule has 1 unspecified atom stereocenters. The number of aryl methyl sites for hydroxylation is 1. The maximum atomic E-state index is 13.4. The summed E-state index contributed by atoms with van der Waals surface area (Å²) in [6.45, 7) is 12.7. The van der Waals surface area contributed by atoms with Gasteiger partial charge in [-0.2, -0.15) is 4.98 Å². The van der Waals surface area contributed by atoms with Crippen molar-refractivity contribution in [3.63, 3.8) is 0 Å². The summed E-state index contributed by atoms with van der Waals surface area (Å²) in [6.07, 6.45) is 1.55. The van der Waals surface area contributed by atoms with Gasteiger partial charge in [0.1, 0.15) is 29.0 Å². The molecule has 0 radical (unpaired) electrons. The van der Waals surface area contributed by atoms with Gasteiger partial charge in [-0.05, 0) is 108 Å². The molecule has 1 N–H and O–H groups in total. The van der Waals surface area contributed by atoms with Gasteiger partial charge in [-0.3, -0.25) is 4.90 Å². The van der Waals surface area contributed by atoms with Gasteiger partial charge < -0.3 is 19.7 Å². The van der Waals surface area contributed by atoms with Crippen LogP contribution in [0.1, 0.15) is 69.0 Å². The number of esters is 1. The fourth-order valence-corrected chi connectivity index (χ4v) is 5.49. The van der Waals surface area contributed by atoms with Crippen molar-refractivity contribution in [3.05, 3.63) is 70.7 Å². The molecule has 0 aliphatic carbocycles. The van der Waals surface area contributed by atoms with Gasteiger partial charge in [0.15, 0.2) is 0 Å². The number of fused-ring (bicyclic) bond motifs is 1. The van der Waals surface area contributed by atoms with Crippen LogP contribution in [0, 0.1) is 19.7 Å². The number of ether oxygens (including phenoxy) is 2.